The Labute approximate surface area is 219 Å². The van der Waals surface area contributed by atoms with Gasteiger partial charge < -0.3 is 15.0 Å². The summed E-state index contributed by atoms with van der Waals surface area (Å²) in [6.45, 7) is 5.40. The first-order valence-corrected chi connectivity index (χ1v) is 12.8. The first-order valence-electron chi connectivity index (χ1n) is 12.5. The Balaban J connectivity index is 1.78. The number of carbonyl (C=O) groups is 2. The van der Waals surface area contributed by atoms with Gasteiger partial charge in [0.15, 0.2) is 0 Å². The van der Waals surface area contributed by atoms with Crippen LogP contribution in [0.5, 0.6) is 5.75 Å². The van der Waals surface area contributed by atoms with Gasteiger partial charge in [0, 0.05) is 31.0 Å². The molecule has 0 radical (unpaired) electrons. The first kappa shape index (κ1) is 27.3. The number of hydrogen-bond acceptors (Lipinski definition) is 3. The van der Waals surface area contributed by atoms with E-state index in [0.29, 0.717) is 43.5 Å². The van der Waals surface area contributed by atoms with Gasteiger partial charge in [-0.15, -0.1) is 0 Å². The molecule has 0 saturated carbocycles. The number of para-hydroxylation sites is 1. The molecule has 0 bridgehead atoms. The minimum Gasteiger partial charge on any atom is -0.494 e. The summed E-state index contributed by atoms with van der Waals surface area (Å²) in [7, 11) is 0. The summed E-state index contributed by atoms with van der Waals surface area (Å²) in [4.78, 5) is 28.7. The van der Waals surface area contributed by atoms with Gasteiger partial charge in [0.2, 0.25) is 11.8 Å². The van der Waals surface area contributed by atoms with Crippen molar-refractivity contribution < 1.29 is 14.3 Å². The Bertz CT molecular complexity index is 1070. The Kier molecular flexibility index (Phi) is 10.8. The van der Waals surface area contributed by atoms with Crippen LogP contribution in [0.15, 0.2) is 84.9 Å². The average molecular weight is 507 g/mol. The van der Waals surface area contributed by atoms with Crippen molar-refractivity contribution >= 4 is 23.4 Å². The predicted octanol–water partition coefficient (Wildman–Crippen LogP) is 5.91. The number of hydrogen-bond donors (Lipinski definition) is 1. The summed E-state index contributed by atoms with van der Waals surface area (Å²) in [5.74, 6) is 0.859. The third-order valence-corrected chi connectivity index (χ3v) is 6.02. The fourth-order valence-electron chi connectivity index (χ4n) is 3.84. The maximum absolute atomic E-state index is 13.6. The number of nitrogens with zero attached hydrogens (tertiary/aromatic N) is 1. The molecule has 1 atom stereocenters. The summed E-state index contributed by atoms with van der Waals surface area (Å²) in [6, 6.07) is 26.1. The van der Waals surface area contributed by atoms with Crippen LogP contribution in [0.1, 0.15) is 37.8 Å². The smallest absolute Gasteiger partial charge is 0.243 e. The van der Waals surface area contributed by atoms with E-state index in [-0.39, 0.29) is 18.2 Å². The highest BCUT2D eigenvalue weighted by atomic mass is 35.5. The Hall–Kier alpha value is -3.31. The first-order chi connectivity index (χ1) is 17.4. The molecule has 0 aliphatic rings. The number of carbonyl (C=O) groups excluding carboxylic acids is 2. The van der Waals surface area contributed by atoms with Crippen LogP contribution in [0.25, 0.3) is 0 Å². The van der Waals surface area contributed by atoms with Crippen LogP contribution in [0, 0.1) is 5.92 Å². The van der Waals surface area contributed by atoms with E-state index in [1.165, 1.54) is 0 Å². The van der Waals surface area contributed by atoms with Crippen molar-refractivity contribution in [3.8, 4) is 5.75 Å². The van der Waals surface area contributed by atoms with Crippen LogP contribution < -0.4 is 10.1 Å². The summed E-state index contributed by atoms with van der Waals surface area (Å²) >= 11 is 6.08. The van der Waals surface area contributed by atoms with Crippen molar-refractivity contribution in [1.82, 2.24) is 10.2 Å². The zero-order valence-electron chi connectivity index (χ0n) is 21.0. The second-order valence-corrected chi connectivity index (χ2v) is 9.69. The molecule has 190 valence electrons. The van der Waals surface area contributed by atoms with Gasteiger partial charge in [-0.05, 0) is 47.7 Å². The predicted molar refractivity (Wildman–Crippen MR) is 145 cm³/mol. The molecule has 2 amide bonds. The molecule has 0 aliphatic carbocycles. The summed E-state index contributed by atoms with van der Waals surface area (Å²) in [6.07, 6.45) is 1.27. The Morgan fingerprint density at radius 2 is 1.53 bits per heavy atom. The van der Waals surface area contributed by atoms with Crippen LogP contribution in [-0.2, 0) is 22.6 Å². The second kappa shape index (κ2) is 14.3. The van der Waals surface area contributed by atoms with Crippen LogP contribution in [-0.4, -0.2) is 35.9 Å². The SMILES string of the molecule is CC(C)CNC(=O)[C@H](Cc1ccccc1)N(Cc1ccc(Cl)cc1)C(=O)CCCOc1ccccc1. The molecule has 36 heavy (non-hydrogen) atoms. The lowest BCUT2D eigenvalue weighted by atomic mass is 10.0. The van der Waals surface area contributed by atoms with Crippen LogP contribution in [0.4, 0.5) is 0 Å². The van der Waals surface area contributed by atoms with Gasteiger partial charge in [0.25, 0.3) is 0 Å². The zero-order chi connectivity index (χ0) is 25.8. The van der Waals surface area contributed by atoms with Crippen molar-refractivity contribution in [3.05, 3.63) is 101 Å². The molecular weight excluding hydrogens is 472 g/mol. The van der Waals surface area contributed by atoms with Gasteiger partial charge in [0.05, 0.1) is 6.61 Å². The largest absolute Gasteiger partial charge is 0.494 e. The standard InChI is InChI=1S/C30H35ClN2O3/c1-23(2)21-32-30(35)28(20-24-10-5-3-6-11-24)33(22-25-15-17-26(31)18-16-25)29(34)14-9-19-36-27-12-7-4-8-13-27/h3-8,10-13,15-18,23,28H,9,14,19-22H2,1-2H3,(H,32,35)/t28-/m0/s1. The third-order valence-electron chi connectivity index (χ3n) is 5.77. The molecule has 3 rings (SSSR count). The van der Waals surface area contributed by atoms with Gasteiger partial charge in [0.1, 0.15) is 11.8 Å². The van der Waals surface area contributed by atoms with Crippen molar-refractivity contribution in [2.24, 2.45) is 5.92 Å². The average Bonchev–Trinajstić information content (AvgIpc) is 2.89. The molecule has 3 aromatic carbocycles. The minimum atomic E-state index is -0.635. The number of nitrogens with one attached hydrogen (secondary N) is 1. The van der Waals surface area contributed by atoms with Crippen molar-refractivity contribution in [3.63, 3.8) is 0 Å². The van der Waals surface area contributed by atoms with Gasteiger partial charge in [-0.3, -0.25) is 9.59 Å². The lowest BCUT2D eigenvalue weighted by molar-refractivity contribution is -0.141. The molecule has 0 heterocycles. The fraction of sp³-hybridized carbons (Fsp3) is 0.333. The van der Waals surface area contributed by atoms with E-state index in [9.17, 15) is 9.59 Å². The zero-order valence-corrected chi connectivity index (χ0v) is 21.8. The summed E-state index contributed by atoms with van der Waals surface area (Å²) in [5.41, 5.74) is 1.92. The van der Waals surface area contributed by atoms with Gasteiger partial charge >= 0.3 is 0 Å². The molecule has 5 nitrogen and oxygen atoms in total. The van der Waals surface area contributed by atoms with E-state index in [1.54, 1.807) is 17.0 Å². The van der Waals surface area contributed by atoms with Crippen LogP contribution >= 0.6 is 11.6 Å². The monoisotopic (exact) mass is 506 g/mol. The number of amides is 2. The number of benzene rings is 3. The molecule has 0 saturated heterocycles. The minimum absolute atomic E-state index is 0.0813. The molecule has 6 heteroatoms. The molecule has 1 N–H and O–H groups in total. The lowest BCUT2D eigenvalue weighted by Gasteiger charge is -2.32. The third kappa shape index (κ3) is 9.04. The van der Waals surface area contributed by atoms with Gasteiger partial charge in [-0.2, -0.15) is 0 Å². The molecular formula is C30H35ClN2O3. The Morgan fingerprint density at radius 1 is 0.889 bits per heavy atom. The van der Waals surface area contributed by atoms with E-state index < -0.39 is 6.04 Å². The maximum Gasteiger partial charge on any atom is 0.243 e. The normalized spacial score (nSPS) is 11.7. The molecule has 0 aliphatic heterocycles. The van der Waals surface area contributed by atoms with Crippen LogP contribution in [0.3, 0.4) is 0 Å². The highest BCUT2D eigenvalue weighted by Crippen LogP contribution is 2.18. The summed E-state index contributed by atoms with van der Waals surface area (Å²) in [5, 5.41) is 3.67. The van der Waals surface area contributed by atoms with Gasteiger partial charge in [-0.25, -0.2) is 0 Å². The molecule has 0 unspecified atom stereocenters. The van der Waals surface area contributed by atoms with E-state index >= 15 is 0 Å². The second-order valence-electron chi connectivity index (χ2n) is 9.26. The highest BCUT2D eigenvalue weighted by Gasteiger charge is 2.30. The maximum atomic E-state index is 13.6. The van der Waals surface area contributed by atoms with Crippen molar-refractivity contribution in [1.29, 1.82) is 0 Å². The Morgan fingerprint density at radius 3 is 2.17 bits per heavy atom. The summed E-state index contributed by atoms with van der Waals surface area (Å²) < 4.78 is 5.77. The van der Waals surface area contributed by atoms with Crippen LogP contribution in [0.2, 0.25) is 5.02 Å². The van der Waals surface area contributed by atoms with E-state index in [0.717, 1.165) is 16.9 Å². The quantitative estimate of drug-likeness (QED) is 0.293. The molecule has 0 aromatic heterocycles. The van der Waals surface area contributed by atoms with Crippen molar-refractivity contribution in [2.45, 2.75) is 45.7 Å². The fourth-order valence-corrected chi connectivity index (χ4v) is 3.96. The lowest BCUT2D eigenvalue weighted by Crippen LogP contribution is -2.51. The highest BCUT2D eigenvalue weighted by molar-refractivity contribution is 6.30. The van der Waals surface area contributed by atoms with Gasteiger partial charge in [-0.1, -0.05) is 86.1 Å². The van der Waals surface area contributed by atoms with Crippen molar-refractivity contribution in [2.75, 3.05) is 13.2 Å². The topological polar surface area (TPSA) is 58.6 Å². The number of ether oxygens (including phenoxy) is 1. The van der Waals surface area contributed by atoms with E-state index in [4.69, 9.17) is 16.3 Å². The molecule has 3 aromatic rings. The molecule has 0 spiro atoms. The number of rotatable bonds is 13. The molecule has 0 fully saturated rings. The van der Waals surface area contributed by atoms with E-state index in [2.05, 4.69) is 19.2 Å². The number of halogens is 1. The van der Waals surface area contributed by atoms with E-state index in [1.807, 2.05) is 72.8 Å².